The monoisotopic (exact) mass is 306 g/mol. The molecule has 0 fully saturated rings. The third-order valence-electron chi connectivity index (χ3n) is 4.10. The van der Waals surface area contributed by atoms with Gasteiger partial charge < -0.3 is 10.3 Å². The summed E-state index contributed by atoms with van der Waals surface area (Å²) in [7, 11) is 0. The van der Waals surface area contributed by atoms with Gasteiger partial charge in [0.25, 0.3) is 0 Å². The molecular formula is C20H22N2O. The first-order valence-corrected chi connectivity index (χ1v) is 8.11. The van der Waals surface area contributed by atoms with Crippen LogP contribution in [0.3, 0.4) is 0 Å². The van der Waals surface area contributed by atoms with Crippen LogP contribution in [0.25, 0.3) is 10.9 Å². The topological polar surface area (TPSA) is 44.9 Å². The van der Waals surface area contributed by atoms with E-state index in [1.54, 1.807) is 0 Å². The van der Waals surface area contributed by atoms with Gasteiger partial charge in [-0.05, 0) is 31.5 Å². The van der Waals surface area contributed by atoms with Crippen LogP contribution in [0.1, 0.15) is 34.5 Å². The number of H-pyrrole nitrogens is 1. The van der Waals surface area contributed by atoms with Gasteiger partial charge in [0.05, 0.1) is 0 Å². The third kappa shape index (κ3) is 3.69. The lowest BCUT2D eigenvalue weighted by atomic mass is 10.0. The molecule has 0 aliphatic carbocycles. The predicted molar refractivity (Wildman–Crippen MR) is 94.7 cm³/mol. The third-order valence-corrected chi connectivity index (χ3v) is 4.10. The molecule has 0 unspecified atom stereocenters. The van der Waals surface area contributed by atoms with Crippen LogP contribution in [0.2, 0.25) is 0 Å². The number of benzene rings is 2. The van der Waals surface area contributed by atoms with Gasteiger partial charge in [0.1, 0.15) is 0 Å². The Morgan fingerprint density at radius 1 is 1.04 bits per heavy atom. The first kappa shape index (κ1) is 15.5. The average molecular weight is 306 g/mol. The number of ketones is 1. The van der Waals surface area contributed by atoms with Gasteiger partial charge >= 0.3 is 0 Å². The lowest BCUT2D eigenvalue weighted by molar-refractivity contribution is 0.0981. The highest BCUT2D eigenvalue weighted by Gasteiger charge is 2.14. The van der Waals surface area contributed by atoms with Crippen LogP contribution in [-0.2, 0) is 6.54 Å². The van der Waals surface area contributed by atoms with Crippen molar-refractivity contribution in [1.82, 2.24) is 10.3 Å². The van der Waals surface area contributed by atoms with Gasteiger partial charge in [-0.2, -0.15) is 0 Å². The first-order valence-electron chi connectivity index (χ1n) is 8.11. The summed E-state index contributed by atoms with van der Waals surface area (Å²) in [6.07, 6.45) is 1.43. The molecule has 3 heteroatoms. The summed E-state index contributed by atoms with van der Waals surface area (Å²) in [4.78, 5) is 15.8. The molecule has 0 aliphatic heterocycles. The van der Waals surface area contributed by atoms with Crippen molar-refractivity contribution in [1.29, 1.82) is 0 Å². The Kier molecular flexibility index (Phi) is 4.89. The Hall–Kier alpha value is -2.39. The summed E-state index contributed by atoms with van der Waals surface area (Å²) >= 11 is 0. The van der Waals surface area contributed by atoms with E-state index in [-0.39, 0.29) is 5.78 Å². The zero-order chi connectivity index (χ0) is 16.1. The molecule has 0 aliphatic rings. The van der Waals surface area contributed by atoms with E-state index in [1.807, 2.05) is 49.4 Å². The van der Waals surface area contributed by atoms with Crippen LogP contribution in [0.4, 0.5) is 0 Å². The summed E-state index contributed by atoms with van der Waals surface area (Å²) < 4.78 is 0. The van der Waals surface area contributed by atoms with Crippen molar-refractivity contribution < 1.29 is 4.79 Å². The fraction of sp³-hybridized carbons (Fsp3) is 0.250. The van der Waals surface area contributed by atoms with E-state index >= 15 is 0 Å². The number of fused-ring (bicyclic) bond motifs is 1. The van der Waals surface area contributed by atoms with E-state index in [2.05, 4.69) is 22.4 Å². The minimum Gasteiger partial charge on any atom is -0.358 e. The number of nitrogens with one attached hydrogen (secondary N) is 2. The zero-order valence-electron chi connectivity index (χ0n) is 13.4. The molecule has 0 atom stereocenters. The van der Waals surface area contributed by atoms with Gasteiger partial charge in [0.15, 0.2) is 5.78 Å². The highest BCUT2D eigenvalue weighted by molar-refractivity contribution is 6.09. The van der Waals surface area contributed by atoms with Crippen LogP contribution in [-0.4, -0.2) is 17.3 Å². The summed E-state index contributed by atoms with van der Waals surface area (Å²) in [5.74, 6) is 0.224. The summed E-state index contributed by atoms with van der Waals surface area (Å²) in [6.45, 7) is 3.67. The number of para-hydroxylation sites is 1. The molecule has 2 N–H and O–H groups in total. The molecule has 0 bridgehead atoms. The van der Waals surface area contributed by atoms with E-state index in [4.69, 9.17) is 0 Å². The largest absolute Gasteiger partial charge is 0.358 e. The molecule has 23 heavy (non-hydrogen) atoms. The second-order valence-corrected chi connectivity index (χ2v) is 5.86. The number of rotatable bonds is 7. The number of carbonyl (C=O) groups is 1. The SMILES string of the molecule is Cc1[nH]c2ccccc2c1C(=O)CCCNCc1ccccc1. The molecule has 0 saturated carbocycles. The van der Waals surface area contributed by atoms with Crippen LogP contribution >= 0.6 is 0 Å². The fourth-order valence-electron chi connectivity index (χ4n) is 2.96. The predicted octanol–water partition coefficient (Wildman–Crippen LogP) is 4.23. The molecule has 3 nitrogen and oxygen atoms in total. The van der Waals surface area contributed by atoms with Gasteiger partial charge in [0.2, 0.25) is 0 Å². The second-order valence-electron chi connectivity index (χ2n) is 5.86. The molecule has 3 aromatic rings. The normalized spacial score (nSPS) is 11.0. The minimum absolute atomic E-state index is 0.224. The van der Waals surface area contributed by atoms with Crippen molar-refractivity contribution >= 4 is 16.7 Å². The number of aryl methyl sites for hydroxylation is 1. The minimum atomic E-state index is 0.224. The maximum Gasteiger partial charge on any atom is 0.165 e. The fourth-order valence-corrected chi connectivity index (χ4v) is 2.96. The van der Waals surface area contributed by atoms with E-state index in [9.17, 15) is 4.79 Å². The molecule has 118 valence electrons. The molecule has 0 radical (unpaired) electrons. The van der Waals surface area contributed by atoms with E-state index in [1.165, 1.54) is 5.56 Å². The van der Waals surface area contributed by atoms with Gasteiger partial charge in [-0.25, -0.2) is 0 Å². The summed E-state index contributed by atoms with van der Waals surface area (Å²) in [5.41, 5.74) is 4.12. The molecule has 3 rings (SSSR count). The van der Waals surface area contributed by atoms with Crippen LogP contribution in [0.15, 0.2) is 54.6 Å². The van der Waals surface area contributed by atoms with Crippen molar-refractivity contribution in [2.24, 2.45) is 0 Å². The van der Waals surface area contributed by atoms with Gasteiger partial charge in [-0.3, -0.25) is 4.79 Å². The Bertz CT molecular complexity index is 790. The number of aromatic amines is 1. The lowest BCUT2D eigenvalue weighted by Gasteiger charge is -2.05. The Labute approximate surface area is 136 Å². The van der Waals surface area contributed by atoms with Gasteiger partial charge in [-0.15, -0.1) is 0 Å². The molecule has 1 heterocycles. The maximum atomic E-state index is 12.5. The van der Waals surface area contributed by atoms with Crippen molar-refractivity contribution in [2.75, 3.05) is 6.54 Å². The Balaban J connectivity index is 1.52. The number of carbonyl (C=O) groups excluding carboxylic acids is 1. The van der Waals surface area contributed by atoms with Crippen molar-refractivity contribution in [3.8, 4) is 0 Å². The van der Waals surface area contributed by atoms with E-state index in [0.29, 0.717) is 6.42 Å². The number of Topliss-reactive ketones (excluding diaryl/α,β-unsaturated/α-hetero) is 1. The second kappa shape index (κ2) is 7.25. The molecule has 0 spiro atoms. The van der Waals surface area contributed by atoms with Crippen LogP contribution in [0, 0.1) is 6.92 Å². The maximum absolute atomic E-state index is 12.5. The molecule has 1 aromatic heterocycles. The highest BCUT2D eigenvalue weighted by Crippen LogP contribution is 2.23. The number of hydrogen-bond acceptors (Lipinski definition) is 2. The lowest BCUT2D eigenvalue weighted by Crippen LogP contribution is -2.15. The Morgan fingerprint density at radius 3 is 2.61 bits per heavy atom. The quantitative estimate of drug-likeness (QED) is 0.507. The van der Waals surface area contributed by atoms with Crippen molar-refractivity contribution in [2.45, 2.75) is 26.3 Å². The average Bonchev–Trinajstić information content (AvgIpc) is 2.91. The smallest absolute Gasteiger partial charge is 0.165 e. The highest BCUT2D eigenvalue weighted by atomic mass is 16.1. The molecule has 0 amide bonds. The number of hydrogen-bond donors (Lipinski definition) is 2. The molecule has 0 saturated heterocycles. The first-order chi connectivity index (χ1) is 11.3. The van der Waals surface area contributed by atoms with Gasteiger partial charge in [-0.1, -0.05) is 48.5 Å². The molecule has 2 aromatic carbocycles. The zero-order valence-corrected chi connectivity index (χ0v) is 13.4. The van der Waals surface area contributed by atoms with Crippen LogP contribution in [0.5, 0.6) is 0 Å². The van der Waals surface area contributed by atoms with Gasteiger partial charge in [0, 0.05) is 35.1 Å². The van der Waals surface area contributed by atoms with Crippen molar-refractivity contribution in [3.63, 3.8) is 0 Å². The number of aromatic nitrogens is 1. The van der Waals surface area contributed by atoms with E-state index in [0.717, 1.165) is 41.7 Å². The Morgan fingerprint density at radius 2 is 1.78 bits per heavy atom. The van der Waals surface area contributed by atoms with Crippen molar-refractivity contribution in [3.05, 3.63) is 71.4 Å². The summed E-state index contributed by atoms with van der Waals surface area (Å²) in [6, 6.07) is 18.3. The standard InChI is InChI=1S/C20H22N2O/c1-15-20(17-10-5-6-11-18(17)22-15)19(23)12-7-13-21-14-16-8-3-2-4-9-16/h2-6,8-11,21-22H,7,12-14H2,1H3. The molecular weight excluding hydrogens is 284 g/mol. The van der Waals surface area contributed by atoms with E-state index < -0.39 is 0 Å². The summed E-state index contributed by atoms with van der Waals surface area (Å²) in [5, 5.41) is 4.43. The van der Waals surface area contributed by atoms with Crippen LogP contribution < -0.4 is 5.32 Å².